The van der Waals surface area contributed by atoms with E-state index >= 15 is 0 Å². The van der Waals surface area contributed by atoms with Gasteiger partial charge in [-0.1, -0.05) is 65.9 Å². The van der Waals surface area contributed by atoms with Gasteiger partial charge in [-0.25, -0.2) is 9.59 Å². The van der Waals surface area contributed by atoms with Gasteiger partial charge in [0, 0.05) is 87.3 Å². The molecule has 4 saturated heterocycles. The highest BCUT2D eigenvalue weighted by atomic mass is 32.2. The number of nitrogens with zero attached hydrogens (tertiary/aromatic N) is 3. The number of azide groups is 1. The Bertz CT molecular complexity index is 2370. The highest BCUT2D eigenvalue weighted by molar-refractivity contribution is 8.00. The van der Waals surface area contributed by atoms with Crippen LogP contribution >= 0.6 is 23.5 Å². The van der Waals surface area contributed by atoms with Crippen molar-refractivity contribution < 1.29 is 38.2 Å². The number of urea groups is 2. The number of carbonyl (C=O) groups excluding carboxylic acids is 5. The fraction of sp³-hybridized carbons (Fsp3) is 0.481. The molecular formula is C52H62N10O8S2. The topological polar surface area (TPSA) is 246 Å². The Morgan fingerprint density at radius 2 is 1.11 bits per heavy atom. The minimum atomic E-state index is -0.383. The van der Waals surface area contributed by atoms with Gasteiger partial charge in [0.05, 0.1) is 57.2 Å². The predicted molar refractivity (Wildman–Crippen MR) is 278 cm³/mol. The van der Waals surface area contributed by atoms with E-state index in [1.54, 1.807) is 12.1 Å². The number of carbonyl (C=O) groups is 5. The number of hydrogen-bond acceptors (Lipinski definition) is 11. The van der Waals surface area contributed by atoms with Gasteiger partial charge in [-0.3, -0.25) is 14.4 Å². The van der Waals surface area contributed by atoms with E-state index in [1.165, 1.54) is 0 Å². The molecular weight excluding hydrogens is 957 g/mol. The Morgan fingerprint density at radius 3 is 1.60 bits per heavy atom. The van der Waals surface area contributed by atoms with Crippen molar-refractivity contribution in [1.82, 2.24) is 31.9 Å². The Hall–Kier alpha value is -6.38. The van der Waals surface area contributed by atoms with E-state index in [0.717, 1.165) is 72.3 Å². The zero-order valence-corrected chi connectivity index (χ0v) is 41.8. The molecule has 4 heterocycles. The summed E-state index contributed by atoms with van der Waals surface area (Å²) >= 11 is 3.77. The van der Waals surface area contributed by atoms with Gasteiger partial charge < -0.3 is 51.4 Å². The maximum absolute atomic E-state index is 12.7. The lowest BCUT2D eigenvalue weighted by atomic mass is 10.0. The Balaban J connectivity index is 0.817. The van der Waals surface area contributed by atoms with Crippen LogP contribution in [0.25, 0.3) is 10.4 Å². The van der Waals surface area contributed by atoms with Gasteiger partial charge >= 0.3 is 12.1 Å². The third-order valence-electron chi connectivity index (χ3n) is 12.3. The van der Waals surface area contributed by atoms with Crippen LogP contribution in [0, 0.1) is 23.7 Å². The lowest BCUT2D eigenvalue weighted by Crippen LogP contribution is -2.36. The highest BCUT2D eigenvalue weighted by Gasteiger charge is 2.43. The largest absolute Gasteiger partial charge is 0.375 e. The molecule has 0 radical (unpaired) electrons. The van der Waals surface area contributed by atoms with Gasteiger partial charge in [-0.05, 0) is 84.8 Å². The van der Waals surface area contributed by atoms with E-state index in [9.17, 15) is 24.0 Å². The molecule has 0 aromatic heterocycles. The van der Waals surface area contributed by atoms with E-state index in [0.29, 0.717) is 79.7 Å². The standard InChI is InChI=1S/C52H62N10O8S2/c53-62-56-23-26-70-32-48(65)57-41-28-39(19-13-35-9-15-37(16-10-35)30-68-24-21-54-46(63)7-3-1-5-44-49-42(33-71-44)58-51(66)60-49)27-40(29-41)20-14-36-11-17-38(18-12-36)31-69-25-22-55-47(64)8-4-2-6-45-50-43(34-72-45)59-52(67)61-50/h9-12,15-18,27-29,42-45,49-50H,1-8,21-26,30-34H2,(H,54,63)(H,55,64)(H,57,65)(H2,58,60,66)(H2,59,61,67). The van der Waals surface area contributed by atoms with Crippen LogP contribution < -0.4 is 37.2 Å². The summed E-state index contributed by atoms with van der Waals surface area (Å²) in [5, 5.41) is 24.9. The van der Waals surface area contributed by atoms with Gasteiger partial charge in [0.1, 0.15) is 6.61 Å². The zero-order chi connectivity index (χ0) is 50.3. The second kappa shape index (κ2) is 28.6. The first kappa shape index (κ1) is 53.4. The molecule has 18 nitrogen and oxygen atoms in total. The Labute approximate surface area is 428 Å². The second-order valence-electron chi connectivity index (χ2n) is 17.8. The third kappa shape index (κ3) is 17.7. The van der Waals surface area contributed by atoms with Crippen molar-refractivity contribution in [3.8, 4) is 23.7 Å². The number of unbranched alkanes of at least 4 members (excludes halogenated alkanes) is 2. The minimum absolute atomic E-state index is 0.00993. The summed E-state index contributed by atoms with van der Waals surface area (Å²) in [5.74, 6) is 14.3. The molecule has 380 valence electrons. The van der Waals surface area contributed by atoms with Crippen LogP contribution in [-0.4, -0.2) is 122 Å². The lowest BCUT2D eigenvalue weighted by Gasteiger charge is -2.16. The van der Waals surface area contributed by atoms with Crippen LogP contribution in [0.1, 0.15) is 84.7 Å². The molecule has 7 amide bonds. The maximum atomic E-state index is 12.7. The highest BCUT2D eigenvalue weighted by Crippen LogP contribution is 2.34. The third-order valence-corrected chi connectivity index (χ3v) is 15.3. The zero-order valence-electron chi connectivity index (χ0n) is 40.2. The summed E-state index contributed by atoms with van der Waals surface area (Å²) in [7, 11) is 0. The van der Waals surface area contributed by atoms with E-state index in [1.807, 2.05) is 78.1 Å². The number of amides is 7. The van der Waals surface area contributed by atoms with Gasteiger partial charge in [-0.2, -0.15) is 23.5 Å². The van der Waals surface area contributed by atoms with Crippen molar-refractivity contribution in [1.29, 1.82) is 0 Å². The normalized spacial score (nSPS) is 20.2. The molecule has 4 aliphatic rings. The van der Waals surface area contributed by atoms with Crippen molar-refractivity contribution >= 4 is 59.0 Å². The second-order valence-corrected chi connectivity index (χ2v) is 20.3. The molecule has 0 saturated carbocycles. The van der Waals surface area contributed by atoms with Crippen molar-refractivity contribution in [3.63, 3.8) is 0 Å². The molecule has 72 heavy (non-hydrogen) atoms. The summed E-state index contributed by atoms with van der Waals surface area (Å²) in [6.45, 7) is 2.41. The van der Waals surface area contributed by atoms with Gasteiger partial charge in [-0.15, -0.1) is 0 Å². The molecule has 7 N–H and O–H groups in total. The van der Waals surface area contributed by atoms with E-state index < -0.39 is 0 Å². The smallest absolute Gasteiger partial charge is 0.315 e. The first-order chi connectivity index (χ1) is 35.2. The first-order valence-corrected chi connectivity index (χ1v) is 26.6. The summed E-state index contributed by atoms with van der Waals surface area (Å²) in [5.41, 5.74) is 13.7. The van der Waals surface area contributed by atoms with Crippen LogP contribution in [0.2, 0.25) is 0 Å². The van der Waals surface area contributed by atoms with Crippen molar-refractivity contribution in [2.45, 2.75) is 99.2 Å². The molecule has 20 heteroatoms. The van der Waals surface area contributed by atoms with Crippen molar-refractivity contribution in [3.05, 3.63) is 111 Å². The van der Waals surface area contributed by atoms with Gasteiger partial charge in [0.25, 0.3) is 0 Å². The molecule has 0 aliphatic carbocycles. The Morgan fingerprint density at radius 1 is 0.625 bits per heavy atom. The number of anilines is 1. The monoisotopic (exact) mass is 1020 g/mol. The van der Waals surface area contributed by atoms with E-state index in [4.69, 9.17) is 19.7 Å². The molecule has 4 aliphatic heterocycles. The molecule has 4 fully saturated rings. The molecule has 0 spiro atoms. The van der Waals surface area contributed by atoms with Crippen LogP contribution in [0.5, 0.6) is 0 Å². The SMILES string of the molecule is [N-]=[N+]=NCCOCC(=O)Nc1cc(C#Cc2ccc(COCCNC(=O)CCCCC3SCC4NC(=O)NC43)cc2)cc(C#Cc2ccc(COCCNC(=O)CCCCC3SCC4NC(=O)NC43)cc2)c1. The molecule has 6 unspecified atom stereocenters. The summed E-state index contributed by atoms with van der Waals surface area (Å²) in [4.78, 5) is 63.3. The number of fused-ring (bicyclic) bond motifs is 2. The van der Waals surface area contributed by atoms with E-state index in [-0.39, 0.29) is 73.7 Å². The Kier molecular flexibility index (Phi) is 21.2. The van der Waals surface area contributed by atoms with Crippen molar-refractivity contribution in [2.75, 3.05) is 62.9 Å². The fourth-order valence-corrected chi connectivity index (χ4v) is 11.7. The van der Waals surface area contributed by atoms with E-state index in [2.05, 4.69) is 70.9 Å². The number of hydrogen-bond donors (Lipinski definition) is 7. The maximum Gasteiger partial charge on any atom is 0.315 e. The van der Waals surface area contributed by atoms with Crippen LogP contribution in [0.15, 0.2) is 71.8 Å². The fourth-order valence-electron chi connectivity index (χ4n) is 8.64. The van der Waals surface area contributed by atoms with Gasteiger partial charge in [0.2, 0.25) is 17.7 Å². The van der Waals surface area contributed by atoms with Crippen LogP contribution in [0.3, 0.4) is 0 Å². The number of thioether (sulfide) groups is 2. The van der Waals surface area contributed by atoms with Crippen LogP contribution in [0.4, 0.5) is 15.3 Å². The summed E-state index contributed by atoms with van der Waals surface area (Å²) < 4.78 is 16.9. The number of ether oxygens (including phenoxy) is 3. The average molecular weight is 1020 g/mol. The molecule has 3 aromatic carbocycles. The summed E-state index contributed by atoms with van der Waals surface area (Å²) in [6.07, 6.45) is 6.38. The number of nitrogens with one attached hydrogen (secondary N) is 7. The van der Waals surface area contributed by atoms with Crippen LogP contribution in [-0.2, 0) is 41.8 Å². The molecule has 7 rings (SSSR count). The summed E-state index contributed by atoms with van der Waals surface area (Å²) in [6, 6.07) is 21.4. The predicted octanol–water partition coefficient (Wildman–Crippen LogP) is 5.47. The quantitative estimate of drug-likeness (QED) is 0.0134. The molecule has 3 aromatic rings. The average Bonchev–Trinajstić information content (AvgIpc) is 4.15. The first-order valence-electron chi connectivity index (χ1n) is 24.5. The lowest BCUT2D eigenvalue weighted by molar-refractivity contribution is -0.122. The van der Waals surface area contributed by atoms with Crippen molar-refractivity contribution in [2.24, 2.45) is 5.11 Å². The molecule has 0 bridgehead atoms. The minimum Gasteiger partial charge on any atom is -0.375 e. The number of benzene rings is 3. The number of rotatable bonds is 26. The van der Waals surface area contributed by atoms with Gasteiger partial charge in [0.15, 0.2) is 0 Å². The molecule has 6 atom stereocenters.